The number of carboxylic acids is 1. The van der Waals surface area contributed by atoms with Crippen LogP contribution < -0.4 is 0 Å². The predicted octanol–water partition coefficient (Wildman–Crippen LogP) is 5.09. The number of methoxy groups -OCH3 is 1. The Kier molecular flexibility index (Phi) is 12.6. The molecule has 0 aromatic heterocycles. The first-order valence-corrected chi connectivity index (χ1v) is 9.17. The van der Waals surface area contributed by atoms with Gasteiger partial charge in [0.05, 0.1) is 23.4 Å². The molecule has 0 heterocycles. The lowest BCUT2D eigenvalue weighted by Gasteiger charge is -2.25. The van der Waals surface area contributed by atoms with Crippen LogP contribution in [0.25, 0.3) is 0 Å². The highest BCUT2D eigenvalue weighted by atomic mass is 16.6. The van der Waals surface area contributed by atoms with E-state index in [0.29, 0.717) is 0 Å². The number of carbonyl (C=O) groups excluding carboxylic acids is 2. The second kappa shape index (κ2) is 11.3. The van der Waals surface area contributed by atoms with Crippen LogP contribution in [0.1, 0.15) is 89.5 Å². The third-order valence-electron chi connectivity index (χ3n) is 3.27. The quantitative estimate of drug-likeness (QED) is 0.661. The van der Waals surface area contributed by atoms with Gasteiger partial charge in [0.2, 0.25) is 0 Å². The van der Waals surface area contributed by atoms with E-state index in [1.807, 2.05) is 62.3 Å². The fourth-order valence-electron chi connectivity index (χ4n) is 0.852. The summed E-state index contributed by atoms with van der Waals surface area (Å²) in [7, 11) is 1.42. The van der Waals surface area contributed by atoms with E-state index in [1.54, 1.807) is 20.8 Å². The van der Waals surface area contributed by atoms with Crippen molar-refractivity contribution >= 4 is 17.9 Å². The smallest absolute Gasteiger partial charge is 0.311 e. The van der Waals surface area contributed by atoms with Gasteiger partial charge in [0.15, 0.2) is 0 Å². The Hall–Kier alpha value is -1.59. The number of rotatable bonds is 2. The Balaban J connectivity index is -0.000000329. The SMILES string of the molecule is CC(C)(C)C(=O)O.CC(C)(C)OC(=O)C(C)(C)C.CCC(C)(C)C(=O)OC. The zero-order valence-corrected chi connectivity index (χ0v) is 19.7. The zero-order valence-electron chi connectivity index (χ0n) is 19.7. The van der Waals surface area contributed by atoms with Crippen molar-refractivity contribution in [2.75, 3.05) is 7.11 Å². The maximum atomic E-state index is 11.3. The van der Waals surface area contributed by atoms with Crippen molar-refractivity contribution in [1.82, 2.24) is 0 Å². The van der Waals surface area contributed by atoms with Gasteiger partial charge in [-0.2, -0.15) is 0 Å². The minimum absolute atomic E-state index is 0.134. The third kappa shape index (κ3) is 17.6. The lowest BCUT2D eigenvalue weighted by Crippen LogP contribution is -2.31. The van der Waals surface area contributed by atoms with Crippen LogP contribution in [0.4, 0.5) is 0 Å². The molecule has 0 aromatic carbocycles. The lowest BCUT2D eigenvalue weighted by atomic mass is 9.91. The molecule has 6 nitrogen and oxygen atoms in total. The number of hydrogen-bond donors (Lipinski definition) is 1. The second-order valence-electron chi connectivity index (χ2n) is 10.0. The molecule has 0 aliphatic rings. The van der Waals surface area contributed by atoms with E-state index in [2.05, 4.69) is 4.74 Å². The monoisotopic (exact) mass is 390 g/mol. The molecule has 6 heteroatoms. The summed E-state index contributed by atoms with van der Waals surface area (Å²) < 4.78 is 9.73. The van der Waals surface area contributed by atoms with Gasteiger partial charge in [-0.3, -0.25) is 14.4 Å². The molecule has 0 fully saturated rings. The largest absolute Gasteiger partial charge is 0.481 e. The zero-order chi connectivity index (χ0) is 22.9. The van der Waals surface area contributed by atoms with Gasteiger partial charge >= 0.3 is 17.9 Å². The van der Waals surface area contributed by atoms with Crippen molar-refractivity contribution in [2.24, 2.45) is 16.2 Å². The Morgan fingerprint density at radius 2 is 1.07 bits per heavy atom. The minimum atomic E-state index is -0.757. The van der Waals surface area contributed by atoms with E-state index in [4.69, 9.17) is 9.84 Å². The van der Waals surface area contributed by atoms with Gasteiger partial charge in [-0.05, 0) is 82.6 Å². The molecule has 0 radical (unpaired) electrons. The van der Waals surface area contributed by atoms with Gasteiger partial charge in [-0.25, -0.2) is 0 Å². The maximum absolute atomic E-state index is 11.3. The first-order valence-electron chi connectivity index (χ1n) is 9.17. The van der Waals surface area contributed by atoms with Crippen molar-refractivity contribution in [3.8, 4) is 0 Å². The third-order valence-corrected chi connectivity index (χ3v) is 3.27. The molecule has 0 aliphatic carbocycles. The van der Waals surface area contributed by atoms with Crippen LogP contribution in [0.2, 0.25) is 0 Å². The van der Waals surface area contributed by atoms with Crippen LogP contribution in [-0.4, -0.2) is 35.7 Å². The molecule has 0 amide bonds. The molecule has 162 valence electrons. The van der Waals surface area contributed by atoms with Crippen LogP contribution in [0.15, 0.2) is 0 Å². The van der Waals surface area contributed by atoms with Crippen molar-refractivity contribution in [2.45, 2.75) is 95.1 Å². The molecule has 0 spiro atoms. The number of carbonyl (C=O) groups is 3. The molecule has 0 rings (SSSR count). The molecule has 27 heavy (non-hydrogen) atoms. The first-order chi connectivity index (χ1) is 11.6. The Morgan fingerprint density at radius 1 is 0.741 bits per heavy atom. The van der Waals surface area contributed by atoms with Crippen LogP contribution in [0.3, 0.4) is 0 Å². The standard InChI is InChI=1S/C9H18O2.C7H14O2.C5H10O2/c1-8(2,3)7(10)11-9(4,5)6;1-5-7(2,3)6(8)9-4;1-5(2,3)4(6)7/h1-6H3;5H2,1-4H3;1-3H3,(H,6,7). The average Bonchev–Trinajstić information content (AvgIpc) is 2.43. The fourth-order valence-corrected chi connectivity index (χ4v) is 0.852. The van der Waals surface area contributed by atoms with E-state index in [0.717, 1.165) is 6.42 Å². The number of ether oxygens (including phenoxy) is 2. The molecule has 0 bridgehead atoms. The summed E-state index contributed by atoms with van der Waals surface area (Å²) >= 11 is 0. The summed E-state index contributed by atoms with van der Waals surface area (Å²) in [5.41, 5.74) is -1.66. The summed E-state index contributed by atoms with van der Waals surface area (Å²) in [5, 5.41) is 8.25. The van der Waals surface area contributed by atoms with Gasteiger partial charge in [-0.1, -0.05) is 6.92 Å². The van der Waals surface area contributed by atoms with E-state index < -0.39 is 16.8 Å². The van der Waals surface area contributed by atoms with Gasteiger partial charge in [0, 0.05) is 0 Å². The average molecular weight is 391 g/mol. The molecule has 0 saturated heterocycles. The second-order valence-corrected chi connectivity index (χ2v) is 10.0. The molecule has 0 saturated carbocycles. The van der Waals surface area contributed by atoms with Crippen LogP contribution >= 0.6 is 0 Å². The van der Waals surface area contributed by atoms with Crippen LogP contribution in [0.5, 0.6) is 0 Å². The maximum Gasteiger partial charge on any atom is 0.311 e. The van der Waals surface area contributed by atoms with Crippen molar-refractivity contribution < 1.29 is 29.0 Å². The van der Waals surface area contributed by atoms with E-state index in [-0.39, 0.29) is 23.0 Å². The highest BCUT2D eigenvalue weighted by Gasteiger charge is 2.27. The number of hydrogen-bond acceptors (Lipinski definition) is 5. The van der Waals surface area contributed by atoms with Crippen molar-refractivity contribution in [3.63, 3.8) is 0 Å². The molecular formula is C21H42O6. The number of esters is 2. The van der Waals surface area contributed by atoms with Gasteiger partial charge < -0.3 is 14.6 Å². The van der Waals surface area contributed by atoms with Crippen LogP contribution in [0, 0.1) is 16.2 Å². The molecule has 0 aliphatic heterocycles. The summed E-state index contributed by atoms with van der Waals surface area (Å²) in [4.78, 5) is 32.1. The normalized spacial score (nSPS) is 11.9. The lowest BCUT2D eigenvalue weighted by molar-refractivity contribution is -0.164. The Bertz CT molecular complexity index is 470. The fraction of sp³-hybridized carbons (Fsp3) is 0.857. The Labute approximate surface area is 166 Å². The molecule has 1 N–H and O–H groups in total. The summed E-state index contributed by atoms with van der Waals surface area (Å²) in [6, 6.07) is 0. The number of carboxylic acid groups (broad SMARTS) is 1. The molecule has 0 unspecified atom stereocenters. The number of aliphatic carboxylic acids is 1. The summed E-state index contributed by atoms with van der Waals surface area (Å²) in [6.07, 6.45) is 0.819. The highest BCUT2D eigenvalue weighted by Crippen LogP contribution is 2.21. The molecule has 0 aromatic rings. The molecular weight excluding hydrogens is 348 g/mol. The van der Waals surface area contributed by atoms with Gasteiger partial charge in [-0.15, -0.1) is 0 Å². The predicted molar refractivity (Wildman–Crippen MR) is 108 cm³/mol. The summed E-state index contributed by atoms with van der Waals surface area (Å²) in [6.45, 7) is 21.9. The minimum Gasteiger partial charge on any atom is -0.481 e. The summed E-state index contributed by atoms with van der Waals surface area (Å²) in [5.74, 6) is -1.04. The first kappa shape index (κ1) is 30.1. The van der Waals surface area contributed by atoms with Gasteiger partial charge in [0.1, 0.15) is 5.60 Å². The van der Waals surface area contributed by atoms with Crippen molar-refractivity contribution in [1.29, 1.82) is 0 Å². The van der Waals surface area contributed by atoms with E-state index >= 15 is 0 Å². The van der Waals surface area contributed by atoms with Gasteiger partial charge in [0.25, 0.3) is 0 Å². The van der Waals surface area contributed by atoms with Crippen molar-refractivity contribution in [3.05, 3.63) is 0 Å². The topological polar surface area (TPSA) is 89.9 Å². The van der Waals surface area contributed by atoms with Crippen LogP contribution in [-0.2, 0) is 23.9 Å². The van der Waals surface area contributed by atoms with E-state index in [1.165, 1.54) is 7.11 Å². The Morgan fingerprint density at radius 3 is 1.15 bits per heavy atom. The van der Waals surface area contributed by atoms with E-state index in [9.17, 15) is 14.4 Å². The highest BCUT2D eigenvalue weighted by molar-refractivity contribution is 5.76. The molecule has 0 atom stereocenters.